The van der Waals surface area contributed by atoms with Crippen LogP contribution in [0, 0.1) is 0 Å². The number of esters is 2. The molecule has 2 atom stereocenters. The Morgan fingerprint density at radius 2 is 0.667 bits per heavy atom. The summed E-state index contributed by atoms with van der Waals surface area (Å²) in [4.78, 5) is 35.7. The second kappa shape index (κ2) is 62.9. The first-order valence-electron chi connectivity index (χ1n) is 32.9. The number of nitrogens with zero attached hydrogens (tertiary/aromatic N) is 1. The minimum atomic E-state index is -4.41. The molecule has 0 aromatic carbocycles. The SMILES string of the molecule is CC/C=C\C/C=C\C/C=C\C/C=C\C/C=C\C/C=C\C/C=C\C/C=C\CCCCCCCCCCCCCCCCCCC(=O)OC(COC(=O)CC/C=C\C/C=C\C/C=C\C/C=C\C/C=C\C/C=C\CC)COP(=O)(O)OCC[N+](C)(C)C. The van der Waals surface area contributed by atoms with Crippen LogP contribution in [-0.4, -0.2) is 74.9 Å². The minimum absolute atomic E-state index is 0.0128. The van der Waals surface area contributed by atoms with E-state index in [0.29, 0.717) is 23.9 Å². The second-order valence-corrected chi connectivity index (χ2v) is 23.8. The quantitative estimate of drug-likeness (QED) is 0.0211. The maximum absolute atomic E-state index is 12.8. The summed E-state index contributed by atoms with van der Waals surface area (Å²) in [6, 6.07) is 0. The van der Waals surface area contributed by atoms with Crippen LogP contribution in [0.3, 0.4) is 0 Å². The molecule has 0 spiro atoms. The Morgan fingerprint density at radius 1 is 0.369 bits per heavy atom. The van der Waals surface area contributed by atoms with Crippen molar-refractivity contribution >= 4 is 19.8 Å². The molecule has 0 heterocycles. The lowest BCUT2D eigenvalue weighted by molar-refractivity contribution is -0.870. The minimum Gasteiger partial charge on any atom is -0.462 e. The summed E-state index contributed by atoms with van der Waals surface area (Å²) < 4.78 is 34.5. The lowest BCUT2D eigenvalue weighted by Crippen LogP contribution is -2.37. The van der Waals surface area contributed by atoms with Crippen molar-refractivity contribution in [3.8, 4) is 0 Å². The van der Waals surface area contributed by atoms with Gasteiger partial charge in [-0.2, -0.15) is 0 Å². The highest BCUT2D eigenvalue weighted by Crippen LogP contribution is 2.43. The van der Waals surface area contributed by atoms with Gasteiger partial charge in [-0.15, -0.1) is 0 Å². The Morgan fingerprint density at radius 3 is 1.00 bits per heavy atom. The van der Waals surface area contributed by atoms with Crippen molar-refractivity contribution in [3.63, 3.8) is 0 Å². The van der Waals surface area contributed by atoms with Gasteiger partial charge in [-0.25, -0.2) is 4.57 Å². The van der Waals surface area contributed by atoms with Gasteiger partial charge in [0.2, 0.25) is 0 Å². The fourth-order valence-electron chi connectivity index (χ4n) is 8.29. The lowest BCUT2D eigenvalue weighted by Gasteiger charge is -2.24. The van der Waals surface area contributed by atoms with Gasteiger partial charge in [-0.05, 0) is 116 Å². The Kier molecular flexibility index (Phi) is 59.4. The molecule has 0 amide bonds. The highest BCUT2D eigenvalue weighted by Gasteiger charge is 2.27. The highest BCUT2D eigenvalue weighted by molar-refractivity contribution is 7.47. The molecule has 0 saturated carbocycles. The predicted molar refractivity (Wildman–Crippen MR) is 362 cm³/mol. The predicted octanol–water partition coefficient (Wildman–Crippen LogP) is 21.4. The molecule has 0 aromatic rings. The molecule has 0 aliphatic heterocycles. The Balaban J connectivity index is 4.09. The van der Waals surface area contributed by atoms with E-state index in [9.17, 15) is 19.0 Å². The number of phosphoric ester groups is 1. The van der Waals surface area contributed by atoms with Gasteiger partial charge in [0.1, 0.15) is 19.8 Å². The van der Waals surface area contributed by atoms with Gasteiger partial charge in [-0.1, -0.05) is 274 Å². The van der Waals surface area contributed by atoms with E-state index < -0.39 is 32.5 Å². The molecule has 0 aromatic heterocycles. The van der Waals surface area contributed by atoms with Crippen LogP contribution in [0.15, 0.2) is 170 Å². The molecule has 2 unspecified atom stereocenters. The van der Waals surface area contributed by atoms with E-state index in [1.807, 2.05) is 33.3 Å². The second-order valence-electron chi connectivity index (χ2n) is 22.4. The molecule has 0 saturated heterocycles. The maximum Gasteiger partial charge on any atom is 0.472 e. The summed E-state index contributed by atoms with van der Waals surface area (Å²) in [5.74, 6) is -0.903. The molecule has 474 valence electrons. The van der Waals surface area contributed by atoms with E-state index in [-0.39, 0.29) is 26.1 Å². The number of phosphoric acid groups is 1. The van der Waals surface area contributed by atoms with Crippen molar-refractivity contribution < 1.29 is 42.1 Å². The Bertz CT molecular complexity index is 2020. The molecule has 0 rings (SSSR count). The van der Waals surface area contributed by atoms with Crippen molar-refractivity contribution in [2.24, 2.45) is 0 Å². The number of unbranched alkanes of at least 4 members (excludes halogenated alkanes) is 16. The number of carbonyl (C=O) groups is 2. The fourth-order valence-corrected chi connectivity index (χ4v) is 9.03. The van der Waals surface area contributed by atoms with Crippen LogP contribution in [0.2, 0.25) is 0 Å². The normalized spacial score (nSPS) is 14.3. The van der Waals surface area contributed by atoms with E-state index >= 15 is 0 Å². The van der Waals surface area contributed by atoms with Crippen LogP contribution in [0.25, 0.3) is 0 Å². The highest BCUT2D eigenvalue weighted by atomic mass is 31.2. The van der Waals surface area contributed by atoms with Crippen molar-refractivity contribution in [2.45, 2.75) is 238 Å². The molecule has 0 radical (unpaired) electrons. The summed E-state index contributed by atoms with van der Waals surface area (Å²) in [5.41, 5.74) is 0. The van der Waals surface area contributed by atoms with Crippen molar-refractivity contribution in [1.82, 2.24) is 0 Å². The number of ether oxygens (including phenoxy) is 2. The maximum atomic E-state index is 12.8. The fraction of sp³-hybridized carbons (Fsp3) is 0.595. The molecule has 84 heavy (non-hydrogen) atoms. The zero-order valence-corrected chi connectivity index (χ0v) is 54.7. The third-order valence-electron chi connectivity index (χ3n) is 13.3. The summed E-state index contributed by atoms with van der Waals surface area (Å²) in [5, 5.41) is 0. The number of carbonyl (C=O) groups excluding carboxylic acids is 2. The molecule has 0 aliphatic carbocycles. The molecular weight excluding hydrogens is 1060 g/mol. The van der Waals surface area contributed by atoms with E-state index in [4.69, 9.17) is 18.5 Å². The first kappa shape index (κ1) is 79.4. The third kappa shape index (κ3) is 66.5. The lowest BCUT2D eigenvalue weighted by atomic mass is 10.0. The zero-order chi connectivity index (χ0) is 61.2. The van der Waals surface area contributed by atoms with E-state index in [2.05, 4.69) is 172 Å². The van der Waals surface area contributed by atoms with Gasteiger partial charge < -0.3 is 18.9 Å². The molecule has 1 N–H and O–H groups in total. The van der Waals surface area contributed by atoms with E-state index in [1.54, 1.807) is 0 Å². The van der Waals surface area contributed by atoms with E-state index in [1.165, 1.54) is 83.5 Å². The van der Waals surface area contributed by atoms with Crippen molar-refractivity contribution in [2.75, 3.05) is 47.5 Å². The van der Waals surface area contributed by atoms with Gasteiger partial charge in [-0.3, -0.25) is 18.6 Å². The molecule has 0 fully saturated rings. The zero-order valence-electron chi connectivity index (χ0n) is 53.8. The molecular formula is C74H121NO8P+. The molecule has 9 nitrogen and oxygen atoms in total. The third-order valence-corrected chi connectivity index (χ3v) is 14.2. The topological polar surface area (TPSA) is 108 Å². The summed E-state index contributed by atoms with van der Waals surface area (Å²) in [7, 11) is 1.42. The van der Waals surface area contributed by atoms with E-state index in [0.717, 1.165) is 109 Å². The largest absolute Gasteiger partial charge is 0.472 e. The number of allylic oxidation sites excluding steroid dienone is 28. The average molecular weight is 1180 g/mol. The van der Waals surface area contributed by atoms with Crippen LogP contribution >= 0.6 is 7.82 Å². The summed E-state index contributed by atoms with van der Waals surface area (Å²) >= 11 is 0. The van der Waals surface area contributed by atoms with Crippen LogP contribution < -0.4 is 0 Å². The van der Waals surface area contributed by atoms with Crippen LogP contribution in [-0.2, 0) is 32.7 Å². The van der Waals surface area contributed by atoms with Gasteiger partial charge in [0, 0.05) is 12.8 Å². The Labute approximate surface area is 515 Å². The number of likely N-dealkylation sites (N-methyl/N-ethyl adjacent to an activating group) is 1. The van der Waals surface area contributed by atoms with Gasteiger partial charge >= 0.3 is 19.8 Å². The first-order chi connectivity index (χ1) is 41.0. The van der Waals surface area contributed by atoms with Crippen LogP contribution in [0.4, 0.5) is 0 Å². The number of hydrogen-bond acceptors (Lipinski definition) is 7. The smallest absolute Gasteiger partial charge is 0.462 e. The van der Waals surface area contributed by atoms with Gasteiger partial charge in [0.05, 0.1) is 27.7 Å². The first-order valence-corrected chi connectivity index (χ1v) is 34.4. The molecule has 0 bridgehead atoms. The molecule has 10 heteroatoms. The van der Waals surface area contributed by atoms with Gasteiger partial charge in [0.25, 0.3) is 0 Å². The van der Waals surface area contributed by atoms with Crippen LogP contribution in [0.5, 0.6) is 0 Å². The molecule has 0 aliphatic rings. The monoisotopic (exact) mass is 1180 g/mol. The van der Waals surface area contributed by atoms with Gasteiger partial charge in [0.15, 0.2) is 6.10 Å². The Hall–Kier alpha value is -4.63. The summed E-state index contributed by atoms with van der Waals surface area (Å²) in [6.07, 6.45) is 96.1. The standard InChI is InChI=1S/C74H120NO8P/c1-6-8-10-12-14-16-18-20-22-24-26-27-28-29-30-31-32-33-34-35-36-37-38-39-40-41-42-43-44-45-46-47-49-51-53-55-57-59-61-63-65-67-74(77)83-72(71-82-84(78,79)81-69-68-75(3,4)5)70-80-73(76)66-64-62-60-58-56-54-52-50-48-25-23-21-19-17-15-13-11-9-7-2/h8-11,14-17,20-23,26-27,29-30,32-33,35-36,38-39,48,50,54,56,60,62,72H,6-7,12-13,18-19,24-25,28,31,34,37,40-47,49,51-53,55,57-59,61,63-71H2,1-5H3/p+1/b10-8-,11-9-,16-14-,17-15-,22-20-,23-21-,27-26-,30-29-,33-32-,36-35-,39-38-,50-48-,56-54-,62-60-. The van der Waals surface area contributed by atoms with Crippen LogP contribution in [0.1, 0.15) is 232 Å². The van der Waals surface area contributed by atoms with Crippen molar-refractivity contribution in [3.05, 3.63) is 170 Å². The summed E-state index contributed by atoms with van der Waals surface area (Å²) in [6.45, 7) is 4.10. The number of hydrogen-bond donors (Lipinski definition) is 1. The average Bonchev–Trinajstić information content (AvgIpc) is 3.61. The number of quaternary nitrogens is 1. The van der Waals surface area contributed by atoms with Crippen molar-refractivity contribution in [1.29, 1.82) is 0 Å². The number of rotatable bonds is 58.